The summed E-state index contributed by atoms with van der Waals surface area (Å²) in [6.07, 6.45) is -7.69. The van der Waals surface area contributed by atoms with E-state index in [0.29, 0.717) is 6.54 Å². The molecule has 0 bridgehead atoms. The van der Waals surface area contributed by atoms with Crippen molar-refractivity contribution >= 4 is 17.5 Å². The number of hydrogen-bond donors (Lipinski definition) is 2. The summed E-state index contributed by atoms with van der Waals surface area (Å²) in [5.41, 5.74) is 0.977. The quantitative estimate of drug-likeness (QED) is 0.264. The van der Waals surface area contributed by atoms with Crippen molar-refractivity contribution in [1.82, 2.24) is 39.9 Å². The molecule has 1 unspecified atom stereocenters. The summed E-state index contributed by atoms with van der Waals surface area (Å²) < 4.78 is 112. The van der Waals surface area contributed by atoms with Gasteiger partial charge in [-0.25, -0.2) is 18.3 Å². The molecular formula is C31H38F8N8O2. The molecule has 2 aliphatic rings. The van der Waals surface area contributed by atoms with Crippen molar-refractivity contribution in [2.24, 2.45) is 17.8 Å². The van der Waals surface area contributed by atoms with E-state index >= 15 is 0 Å². The number of alkyl halides is 8. The van der Waals surface area contributed by atoms with E-state index in [-0.39, 0.29) is 47.6 Å². The molecule has 0 radical (unpaired) electrons. The minimum Gasteiger partial charge on any atom is -0.355 e. The second kappa shape index (κ2) is 13.8. The predicted octanol–water partition coefficient (Wildman–Crippen LogP) is 5.65. The zero-order chi connectivity index (χ0) is 35.9. The van der Waals surface area contributed by atoms with Crippen LogP contribution in [0.4, 0.5) is 35.1 Å². The standard InChI is InChI=1S/C31H38F8N8O2/c1-4-46-24(7-10-41-46)28(49)43-26(18-5-8-29(32,33)9-6-18)23-15-47-25(42-23)13-21(17(2)45(3)16-30(34,35)36)22(44-47)12-19-11-20(31(37,38)39)14-40-27(19)48/h7,10,13,15,17-20,26H,4-6,8-9,11-12,14,16H2,1-3H3,(H,40,48)(H,43,49)/t17-,19-,20-,26?/m1/s1. The number of fused-ring (bicyclic) bond motifs is 1. The van der Waals surface area contributed by atoms with Crippen LogP contribution in [0.15, 0.2) is 24.5 Å². The average Bonchev–Trinajstić information content (AvgIpc) is 3.66. The van der Waals surface area contributed by atoms with E-state index in [0.717, 1.165) is 4.90 Å². The zero-order valence-electron chi connectivity index (χ0n) is 27.1. The summed E-state index contributed by atoms with van der Waals surface area (Å²) in [4.78, 5) is 31.8. The Labute approximate surface area is 276 Å². The molecule has 0 spiro atoms. The lowest BCUT2D eigenvalue weighted by Crippen LogP contribution is -2.47. The van der Waals surface area contributed by atoms with Gasteiger partial charge in [-0.2, -0.15) is 36.5 Å². The number of carbonyl (C=O) groups excluding carboxylic acids is 2. The fourth-order valence-corrected chi connectivity index (χ4v) is 6.70. The molecule has 2 N–H and O–H groups in total. The van der Waals surface area contributed by atoms with Crippen molar-refractivity contribution in [2.45, 2.75) is 89.3 Å². The lowest BCUT2D eigenvalue weighted by atomic mass is 9.81. The van der Waals surface area contributed by atoms with Crippen LogP contribution in [0.3, 0.4) is 0 Å². The summed E-state index contributed by atoms with van der Waals surface area (Å²) in [5.74, 6) is -7.41. The van der Waals surface area contributed by atoms with Gasteiger partial charge < -0.3 is 10.6 Å². The molecule has 2 fully saturated rings. The largest absolute Gasteiger partial charge is 0.401 e. The Kier molecular flexibility index (Phi) is 10.3. The fraction of sp³-hybridized carbons (Fsp3) is 0.645. The van der Waals surface area contributed by atoms with Crippen LogP contribution in [-0.2, 0) is 17.8 Å². The molecule has 1 aliphatic heterocycles. The first-order valence-corrected chi connectivity index (χ1v) is 16.1. The van der Waals surface area contributed by atoms with Crippen molar-refractivity contribution in [1.29, 1.82) is 0 Å². The molecule has 1 saturated heterocycles. The summed E-state index contributed by atoms with van der Waals surface area (Å²) in [5, 5.41) is 13.9. The monoisotopic (exact) mass is 706 g/mol. The second-order valence-corrected chi connectivity index (χ2v) is 13.0. The fourth-order valence-electron chi connectivity index (χ4n) is 6.70. The molecule has 3 aromatic heterocycles. The number of halogens is 8. The Morgan fingerprint density at radius 1 is 1.18 bits per heavy atom. The predicted molar refractivity (Wildman–Crippen MR) is 159 cm³/mol. The molecule has 1 aliphatic carbocycles. The first-order chi connectivity index (χ1) is 22.8. The van der Waals surface area contributed by atoms with E-state index in [1.165, 1.54) is 47.7 Å². The Hall–Kier alpha value is -3.83. The smallest absolute Gasteiger partial charge is 0.355 e. The van der Waals surface area contributed by atoms with Gasteiger partial charge in [0.25, 0.3) is 5.91 Å². The van der Waals surface area contributed by atoms with Gasteiger partial charge in [0.2, 0.25) is 11.8 Å². The lowest BCUT2D eigenvalue weighted by Gasteiger charge is -2.33. The van der Waals surface area contributed by atoms with Gasteiger partial charge in [-0.1, -0.05) is 0 Å². The number of piperidine rings is 1. The van der Waals surface area contributed by atoms with Gasteiger partial charge in [-0.05, 0) is 63.8 Å². The normalized spacial score (nSPS) is 21.9. The number of rotatable bonds is 10. The SMILES string of the molecule is CCn1nccc1C(=O)NC(c1cn2nc(C[C@H]3C[C@@H](C(F)(F)F)CNC3=O)c([C@@H](C)N(C)CC(F)(F)F)cc2n1)C1CCC(F)(F)CC1. The number of aryl methyl sites for hydroxylation is 1. The van der Waals surface area contributed by atoms with Crippen molar-refractivity contribution in [3.63, 3.8) is 0 Å². The Bertz CT molecular complexity index is 1640. The minimum atomic E-state index is -4.57. The number of hydrogen-bond acceptors (Lipinski definition) is 6. The third-order valence-corrected chi connectivity index (χ3v) is 9.57. The number of aromatic nitrogens is 5. The number of imidazole rings is 1. The van der Waals surface area contributed by atoms with Crippen molar-refractivity contribution in [3.05, 3.63) is 47.2 Å². The van der Waals surface area contributed by atoms with Gasteiger partial charge in [-0.15, -0.1) is 0 Å². The van der Waals surface area contributed by atoms with E-state index in [4.69, 9.17) is 0 Å². The zero-order valence-corrected chi connectivity index (χ0v) is 27.1. The molecule has 5 rings (SSSR count). The van der Waals surface area contributed by atoms with Crippen LogP contribution in [0.5, 0.6) is 0 Å². The second-order valence-electron chi connectivity index (χ2n) is 13.0. The molecular weight excluding hydrogens is 668 g/mol. The third kappa shape index (κ3) is 8.49. The molecule has 18 heteroatoms. The molecule has 2 amide bonds. The van der Waals surface area contributed by atoms with Gasteiger partial charge in [0, 0.05) is 50.5 Å². The van der Waals surface area contributed by atoms with E-state index in [1.54, 1.807) is 6.92 Å². The van der Waals surface area contributed by atoms with Crippen LogP contribution in [-0.4, -0.2) is 79.5 Å². The van der Waals surface area contributed by atoms with Crippen LogP contribution >= 0.6 is 0 Å². The third-order valence-electron chi connectivity index (χ3n) is 9.57. The van der Waals surface area contributed by atoms with Crippen LogP contribution < -0.4 is 10.6 Å². The number of nitrogens with zero attached hydrogens (tertiary/aromatic N) is 6. The molecule has 4 atom stereocenters. The first kappa shape index (κ1) is 36.5. The van der Waals surface area contributed by atoms with E-state index in [1.807, 2.05) is 0 Å². The van der Waals surface area contributed by atoms with Crippen molar-refractivity contribution in [3.8, 4) is 0 Å². The molecule has 4 heterocycles. The van der Waals surface area contributed by atoms with E-state index < -0.39 is 92.3 Å². The maximum Gasteiger partial charge on any atom is 0.401 e. The van der Waals surface area contributed by atoms with E-state index in [9.17, 15) is 44.7 Å². The van der Waals surface area contributed by atoms with Crippen LogP contribution in [0.1, 0.15) is 85.5 Å². The van der Waals surface area contributed by atoms with Crippen LogP contribution in [0.25, 0.3) is 5.65 Å². The molecule has 0 aromatic carbocycles. The molecule has 49 heavy (non-hydrogen) atoms. The van der Waals surface area contributed by atoms with E-state index in [2.05, 4.69) is 25.8 Å². The van der Waals surface area contributed by atoms with Gasteiger partial charge in [0.1, 0.15) is 5.69 Å². The Balaban J connectivity index is 1.54. The highest BCUT2D eigenvalue weighted by atomic mass is 19.4. The van der Waals surface area contributed by atoms with Gasteiger partial charge >= 0.3 is 12.4 Å². The Morgan fingerprint density at radius 3 is 2.51 bits per heavy atom. The van der Waals surface area contributed by atoms with Gasteiger partial charge in [0.15, 0.2) is 5.65 Å². The number of carbonyl (C=O) groups is 2. The molecule has 10 nitrogen and oxygen atoms in total. The Morgan fingerprint density at radius 2 is 1.88 bits per heavy atom. The summed E-state index contributed by atoms with van der Waals surface area (Å²) in [7, 11) is 1.24. The highest BCUT2D eigenvalue weighted by molar-refractivity contribution is 5.92. The average molecular weight is 707 g/mol. The lowest BCUT2D eigenvalue weighted by molar-refractivity contribution is -0.183. The number of nitrogens with one attached hydrogen (secondary N) is 2. The topological polar surface area (TPSA) is 109 Å². The number of amides is 2. The van der Waals surface area contributed by atoms with Gasteiger partial charge in [0.05, 0.1) is 36.1 Å². The highest BCUT2D eigenvalue weighted by Gasteiger charge is 2.45. The molecule has 3 aromatic rings. The van der Waals surface area contributed by atoms with Crippen LogP contribution in [0, 0.1) is 17.8 Å². The minimum absolute atomic E-state index is 0.0687. The summed E-state index contributed by atoms with van der Waals surface area (Å²) in [6.45, 7) is 1.79. The van der Waals surface area contributed by atoms with Gasteiger partial charge in [-0.3, -0.25) is 19.2 Å². The maximum absolute atomic E-state index is 14.1. The maximum atomic E-state index is 14.1. The first-order valence-electron chi connectivity index (χ1n) is 16.1. The van der Waals surface area contributed by atoms with Crippen LogP contribution in [0.2, 0.25) is 0 Å². The molecule has 1 saturated carbocycles. The molecule has 270 valence electrons. The van der Waals surface area contributed by atoms with Crippen molar-refractivity contribution < 1.29 is 44.7 Å². The summed E-state index contributed by atoms with van der Waals surface area (Å²) >= 11 is 0. The highest BCUT2D eigenvalue weighted by Crippen LogP contribution is 2.42. The summed E-state index contributed by atoms with van der Waals surface area (Å²) in [6, 6.07) is 1.16. The van der Waals surface area contributed by atoms with Crippen molar-refractivity contribution in [2.75, 3.05) is 20.1 Å².